The van der Waals surface area contributed by atoms with Crippen molar-refractivity contribution in [2.45, 2.75) is 18.3 Å². The van der Waals surface area contributed by atoms with Crippen LogP contribution in [0.1, 0.15) is 24.2 Å². The van der Waals surface area contributed by atoms with E-state index in [2.05, 4.69) is 10.1 Å². The second kappa shape index (κ2) is 4.98. The van der Waals surface area contributed by atoms with Crippen molar-refractivity contribution >= 4 is 40.2 Å². The topological polar surface area (TPSA) is 64.9 Å². The normalized spacial score (nSPS) is 15.9. The minimum absolute atomic E-state index is 0.360. The Balaban J connectivity index is 1.80. The smallest absolute Gasteiger partial charge is 0.268 e. The first-order valence-electron chi connectivity index (χ1n) is 6.73. The maximum absolute atomic E-state index is 6.37. The van der Waals surface area contributed by atoms with Gasteiger partial charge in [-0.1, -0.05) is 34.4 Å². The molecule has 0 unspecified atom stereocenters. The number of nitrogen functional groups attached to an aromatic ring is 1. The molecule has 1 aliphatic rings. The third-order valence-electron chi connectivity index (χ3n) is 3.88. The molecule has 0 radical (unpaired) electrons. The van der Waals surface area contributed by atoms with Gasteiger partial charge in [-0.15, -0.1) is 11.3 Å². The Morgan fingerprint density at radius 2 is 1.95 bits per heavy atom. The van der Waals surface area contributed by atoms with Crippen molar-refractivity contribution < 1.29 is 4.52 Å². The zero-order valence-corrected chi connectivity index (χ0v) is 13.7. The molecule has 2 heterocycles. The van der Waals surface area contributed by atoms with E-state index in [1.54, 1.807) is 23.5 Å². The van der Waals surface area contributed by atoms with Crippen molar-refractivity contribution in [2.75, 3.05) is 5.73 Å². The molecule has 1 saturated carbocycles. The van der Waals surface area contributed by atoms with Crippen LogP contribution < -0.4 is 5.73 Å². The van der Waals surface area contributed by atoms with Crippen molar-refractivity contribution in [3.63, 3.8) is 0 Å². The van der Waals surface area contributed by atoms with Gasteiger partial charge in [-0.25, -0.2) is 0 Å². The summed E-state index contributed by atoms with van der Waals surface area (Å²) in [5, 5.41) is 7.22. The Morgan fingerprint density at radius 3 is 2.55 bits per heavy atom. The molecule has 3 aromatic rings. The van der Waals surface area contributed by atoms with Gasteiger partial charge in [0, 0.05) is 21.3 Å². The highest BCUT2D eigenvalue weighted by molar-refractivity contribution is 7.13. The van der Waals surface area contributed by atoms with Crippen LogP contribution in [-0.4, -0.2) is 10.1 Å². The third-order valence-corrected chi connectivity index (χ3v) is 5.33. The molecule has 7 heteroatoms. The number of thiophene rings is 1. The number of anilines is 1. The molecule has 22 heavy (non-hydrogen) atoms. The molecular formula is C15H11Cl2N3OS. The van der Waals surface area contributed by atoms with Crippen LogP contribution in [0.5, 0.6) is 0 Å². The number of benzene rings is 1. The molecule has 4 rings (SSSR count). The van der Waals surface area contributed by atoms with Gasteiger partial charge in [0.1, 0.15) is 0 Å². The fourth-order valence-corrected chi connectivity index (χ4v) is 4.19. The number of nitrogens with two attached hydrogens (primary N) is 1. The molecule has 0 aliphatic heterocycles. The number of hydrogen-bond donors (Lipinski definition) is 1. The SMILES string of the molecule is Nc1cc(Cl)c(C2(c3noc(-c4cccs4)n3)CC2)c(Cl)c1. The first kappa shape index (κ1) is 14.1. The van der Waals surface area contributed by atoms with Gasteiger partial charge in [-0.05, 0) is 36.4 Å². The van der Waals surface area contributed by atoms with Crippen LogP contribution in [0, 0.1) is 0 Å². The number of hydrogen-bond acceptors (Lipinski definition) is 5. The second-order valence-corrected chi connectivity index (χ2v) is 7.10. The van der Waals surface area contributed by atoms with Crippen molar-refractivity contribution in [3.8, 4) is 10.8 Å². The van der Waals surface area contributed by atoms with E-state index in [1.165, 1.54) is 0 Å². The average Bonchev–Trinajstić information content (AvgIpc) is 2.94. The molecule has 112 valence electrons. The molecule has 1 aliphatic carbocycles. The standard InChI is InChI=1S/C15H11Cl2N3OS/c16-9-6-8(18)7-10(17)12(9)15(3-4-15)14-19-13(21-20-14)11-2-1-5-22-11/h1-2,5-7H,3-4,18H2. The van der Waals surface area contributed by atoms with Gasteiger partial charge in [0.2, 0.25) is 0 Å². The van der Waals surface area contributed by atoms with Crippen LogP contribution in [0.25, 0.3) is 10.8 Å². The minimum Gasteiger partial charge on any atom is -0.399 e. The number of rotatable bonds is 3. The lowest BCUT2D eigenvalue weighted by Crippen LogP contribution is -2.12. The summed E-state index contributed by atoms with van der Waals surface area (Å²) < 4.78 is 5.40. The monoisotopic (exact) mass is 351 g/mol. The van der Waals surface area contributed by atoms with Crippen molar-refractivity contribution in [1.29, 1.82) is 0 Å². The number of halogens is 2. The molecule has 1 aromatic carbocycles. The zero-order chi connectivity index (χ0) is 15.3. The lowest BCUT2D eigenvalue weighted by Gasteiger charge is -2.15. The van der Waals surface area contributed by atoms with E-state index >= 15 is 0 Å². The first-order valence-corrected chi connectivity index (χ1v) is 8.37. The van der Waals surface area contributed by atoms with E-state index in [0.29, 0.717) is 27.4 Å². The maximum atomic E-state index is 6.37. The highest BCUT2D eigenvalue weighted by Gasteiger charge is 2.52. The van der Waals surface area contributed by atoms with Crippen LogP contribution in [0.4, 0.5) is 5.69 Å². The van der Waals surface area contributed by atoms with Crippen LogP contribution in [-0.2, 0) is 5.41 Å². The summed E-state index contributed by atoms with van der Waals surface area (Å²) in [6.45, 7) is 0. The van der Waals surface area contributed by atoms with E-state index in [9.17, 15) is 0 Å². The van der Waals surface area contributed by atoms with Gasteiger partial charge in [-0.3, -0.25) is 0 Å². The summed E-state index contributed by atoms with van der Waals surface area (Å²) in [6, 6.07) is 7.32. The van der Waals surface area contributed by atoms with Crippen LogP contribution >= 0.6 is 34.5 Å². The Labute approximate surface area is 140 Å². The maximum Gasteiger partial charge on any atom is 0.268 e. The van der Waals surface area contributed by atoms with Crippen LogP contribution in [0.2, 0.25) is 10.0 Å². The molecule has 2 N–H and O–H groups in total. The molecule has 0 spiro atoms. The van der Waals surface area contributed by atoms with Gasteiger partial charge in [-0.2, -0.15) is 4.98 Å². The summed E-state index contributed by atoms with van der Waals surface area (Å²) in [5.41, 5.74) is 6.80. The molecule has 0 atom stereocenters. The summed E-state index contributed by atoms with van der Waals surface area (Å²) in [7, 11) is 0. The molecular weight excluding hydrogens is 341 g/mol. The molecule has 0 saturated heterocycles. The van der Waals surface area contributed by atoms with Gasteiger partial charge in [0.05, 0.1) is 10.3 Å². The quantitative estimate of drug-likeness (QED) is 0.690. The highest BCUT2D eigenvalue weighted by Crippen LogP contribution is 2.56. The fraction of sp³-hybridized carbons (Fsp3) is 0.200. The van der Waals surface area contributed by atoms with Gasteiger partial charge in [0.25, 0.3) is 5.89 Å². The molecule has 2 aromatic heterocycles. The molecule has 0 bridgehead atoms. The lowest BCUT2D eigenvalue weighted by molar-refractivity contribution is 0.418. The summed E-state index contributed by atoms with van der Waals surface area (Å²) in [5.74, 6) is 1.16. The molecule has 4 nitrogen and oxygen atoms in total. The van der Waals surface area contributed by atoms with Crippen LogP contribution in [0.3, 0.4) is 0 Å². The van der Waals surface area contributed by atoms with Gasteiger partial charge >= 0.3 is 0 Å². The highest BCUT2D eigenvalue weighted by atomic mass is 35.5. The average molecular weight is 352 g/mol. The summed E-state index contributed by atoms with van der Waals surface area (Å²) >= 11 is 14.3. The number of aromatic nitrogens is 2. The Morgan fingerprint density at radius 1 is 1.23 bits per heavy atom. The van der Waals surface area contributed by atoms with Crippen molar-refractivity contribution in [2.24, 2.45) is 0 Å². The van der Waals surface area contributed by atoms with E-state index < -0.39 is 0 Å². The fourth-order valence-electron chi connectivity index (χ4n) is 2.68. The summed E-state index contributed by atoms with van der Waals surface area (Å²) in [6.07, 6.45) is 1.78. The van der Waals surface area contributed by atoms with E-state index in [-0.39, 0.29) is 5.41 Å². The minimum atomic E-state index is -0.360. The predicted octanol–water partition coefficient (Wildman–Crippen LogP) is 4.77. The summed E-state index contributed by atoms with van der Waals surface area (Å²) in [4.78, 5) is 5.50. The van der Waals surface area contributed by atoms with E-state index in [1.807, 2.05) is 17.5 Å². The van der Waals surface area contributed by atoms with Crippen molar-refractivity contribution in [1.82, 2.24) is 10.1 Å². The van der Waals surface area contributed by atoms with E-state index in [0.717, 1.165) is 23.3 Å². The van der Waals surface area contributed by atoms with Crippen LogP contribution in [0.15, 0.2) is 34.2 Å². The Bertz CT molecular complexity index is 817. The molecule has 0 amide bonds. The van der Waals surface area contributed by atoms with E-state index in [4.69, 9.17) is 33.5 Å². The second-order valence-electron chi connectivity index (χ2n) is 5.34. The third kappa shape index (κ3) is 2.12. The number of nitrogens with zero attached hydrogens (tertiary/aromatic N) is 2. The predicted molar refractivity (Wildman–Crippen MR) is 88.5 cm³/mol. The molecule has 1 fully saturated rings. The van der Waals surface area contributed by atoms with Crippen molar-refractivity contribution in [3.05, 3.63) is 51.1 Å². The zero-order valence-electron chi connectivity index (χ0n) is 11.3. The van der Waals surface area contributed by atoms with Gasteiger partial charge in [0.15, 0.2) is 5.82 Å². The Kier molecular flexibility index (Phi) is 3.18. The largest absolute Gasteiger partial charge is 0.399 e. The lowest BCUT2D eigenvalue weighted by atomic mass is 9.94. The van der Waals surface area contributed by atoms with Gasteiger partial charge < -0.3 is 10.3 Å². The first-order chi connectivity index (χ1) is 10.6. The Hall–Kier alpha value is -1.56.